The number of amides is 1. The van der Waals surface area contributed by atoms with E-state index >= 15 is 0 Å². The van der Waals surface area contributed by atoms with Gasteiger partial charge in [0.2, 0.25) is 0 Å². The van der Waals surface area contributed by atoms with Crippen molar-refractivity contribution in [3.05, 3.63) is 40.3 Å². The second kappa shape index (κ2) is 6.09. The number of hydrogen-bond acceptors (Lipinski definition) is 4. The number of aliphatic carboxylic acids is 1. The first-order valence-electron chi connectivity index (χ1n) is 5.83. The summed E-state index contributed by atoms with van der Waals surface area (Å²) >= 11 is 5.65. The minimum absolute atomic E-state index is 0.00291. The minimum Gasteiger partial charge on any atom is -0.480 e. The molecule has 1 aromatic rings. The SMILES string of the molecule is O=C(O)CN1C(=O)C(=Cc2ccccc2C(F)(F)F)SC1=S. The third-order valence-electron chi connectivity index (χ3n) is 2.72. The van der Waals surface area contributed by atoms with Crippen LogP contribution in [-0.4, -0.2) is 32.7 Å². The quantitative estimate of drug-likeness (QED) is 0.673. The van der Waals surface area contributed by atoms with E-state index in [9.17, 15) is 22.8 Å². The molecule has 9 heteroatoms. The maximum absolute atomic E-state index is 12.9. The molecule has 1 saturated heterocycles. The summed E-state index contributed by atoms with van der Waals surface area (Å²) in [4.78, 5) is 23.5. The molecular formula is C13H8F3NO3S2. The van der Waals surface area contributed by atoms with Crippen LogP contribution in [-0.2, 0) is 15.8 Å². The molecule has 22 heavy (non-hydrogen) atoms. The number of hydrogen-bond donors (Lipinski definition) is 1. The minimum atomic E-state index is -4.55. The van der Waals surface area contributed by atoms with Crippen molar-refractivity contribution in [3.8, 4) is 0 Å². The Hall–Kier alpha value is -1.87. The largest absolute Gasteiger partial charge is 0.480 e. The summed E-state index contributed by atoms with van der Waals surface area (Å²) in [6, 6.07) is 4.80. The van der Waals surface area contributed by atoms with Crippen LogP contribution in [0.1, 0.15) is 11.1 Å². The van der Waals surface area contributed by atoms with Crippen LogP contribution in [0.3, 0.4) is 0 Å². The highest BCUT2D eigenvalue weighted by Gasteiger charge is 2.36. The van der Waals surface area contributed by atoms with Crippen molar-refractivity contribution in [2.45, 2.75) is 6.18 Å². The van der Waals surface area contributed by atoms with Gasteiger partial charge in [0.25, 0.3) is 5.91 Å². The standard InChI is InChI=1S/C13H8F3NO3S2/c14-13(15,16)8-4-2-1-3-7(8)5-9-11(20)17(6-10(18)19)12(21)22-9/h1-5H,6H2,(H,18,19). The molecular weight excluding hydrogens is 339 g/mol. The highest BCUT2D eigenvalue weighted by atomic mass is 32.2. The van der Waals surface area contributed by atoms with Gasteiger partial charge in [0.15, 0.2) is 0 Å². The molecule has 1 aliphatic rings. The first-order chi connectivity index (χ1) is 10.2. The predicted molar refractivity (Wildman–Crippen MR) is 79.0 cm³/mol. The van der Waals surface area contributed by atoms with Crippen LogP contribution in [0.5, 0.6) is 0 Å². The van der Waals surface area contributed by atoms with E-state index in [4.69, 9.17) is 17.3 Å². The molecule has 0 radical (unpaired) electrons. The van der Waals surface area contributed by atoms with Crippen molar-refractivity contribution in [1.29, 1.82) is 0 Å². The number of carbonyl (C=O) groups excluding carboxylic acids is 1. The maximum Gasteiger partial charge on any atom is 0.416 e. The van der Waals surface area contributed by atoms with Crippen LogP contribution < -0.4 is 0 Å². The van der Waals surface area contributed by atoms with Gasteiger partial charge in [-0.3, -0.25) is 14.5 Å². The third-order valence-corrected chi connectivity index (χ3v) is 4.10. The van der Waals surface area contributed by atoms with Crippen LogP contribution in [0.4, 0.5) is 13.2 Å². The number of carbonyl (C=O) groups is 2. The zero-order valence-corrected chi connectivity index (χ0v) is 12.4. The zero-order chi connectivity index (χ0) is 16.5. The molecule has 1 amide bonds. The lowest BCUT2D eigenvalue weighted by Gasteiger charge is -2.11. The highest BCUT2D eigenvalue weighted by molar-refractivity contribution is 8.26. The second-order valence-electron chi connectivity index (χ2n) is 4.25. The van der Waals surface area contributed by atoms with E-state index < -0.39 is 30.2 Å². The van der Waals surface area contributed by atoms with E-state index in [0.29, 0.717) is 0 Å². The molecule has 1 N–H and O–H groups in total. The van der Waals surface area contributed by atoms with Gasteiger partial charge in [0, 0.05) is 0 Å². The van der Waals surface area contributed by atoms with E-state index in [1.165, 1.54) is 18.2 Å². The molecule has 116 valence electrons. The molecule has 0 aromatic heterocycles. The van der Waals surface area contributed by atoms with Crippen molar-refractivity contribution >= 4 is 46.3 Å². The van der Waals surface area contributed by atoms with E-state index in [-0.39, 0.29) is 14.8 Å². The molecule has 1 heterocycles. The number of halogens is 3. The summed E-state index contributed by atoms with van der Waals surface area (Å²) in [5.74, 6) is -1.97. The smallest absolute Gasteiger partial charge is 0.416 e. The number of carboxylic acid groups (broad SMARTS) is 1. The van der Waals surface area contributed by atoms with Crippen molar-refractivity contribution in [1.82, 2.24) is 4.90 Å². The number of thiocarbonyl (C=S) groups is 1. The van der Waals surface area contributed by atoms with E-state index in [1.54, 1.807) is 0 Å². The van der Waals surface area contributed by atoms with Gasteiger partial charge in [-0.25, -0.2) is 0 Å². The van der Waals surface area contributed by atoms with Crippen LogP contribution in [0.25, 0.3) is 6.08 Å². The summed E-state index contributed by atoms with van der Waals surface area (Å²) in [5, 5.41) is 8.71. The predicted octanol–water partition coefficient (Wildman–Crippen LogP) is 2.99. The summed E-state index contributed by atoms with van der Waals surface area (Å²) in [6.07, 6.45) is -3.48. The topological polar surface area (TPSA) is 57.6 Å². The molecule has 2 rings (SSSR count). The van der Waals surface area contributed by atoms with Gasteiger partial charge in [-0.05, 0) is 17.7 Å². The second-order valence-corrected chi connectivity index (χ2v) is 5.92. The molecule has 1 aromatic carbocycles. The lowest BCUT2D eigenvalue weighted by Crippen LogP contribution is -2.33. The molecule has 0 aliphatic carbocycles. The summed E-state index contributed by atoms with van der Waals surface area (Å²) < 4.78 is 38.7. The normalized spacial score (nSPS) is 17.4. The number of thioether (sulfide) groups is 1. The fourth-order valence-electron chi connectivity index (χ4n) is 1.79. The van der Waals surface area contributed by atoms with E-state index in [1.807, 2.05) is 0 Å². The number of benzene rings is 1. The maximum atomic E-state index is 12.9. The van der Waals surface area contributed by atoms with Gasteiger partial charge >= 0.3 is 12.1 Å². The van der Waals surface area contributed by atoms with Crippen LogP contribution in [0, 0.1) is 0 Å². The van der Waals surface area contributed by atoms with Crippen molar-refractivity contribution < 1.29 is 27.9 Å². The first-order valence-corrected chi connectivity index (χ1v) is 7.06. The Morgan fingerprint density at radius 3 is 2.59 bits per heavy atom. The Bertz CT molecular complexity index is 685. The van der Waals surface area contributed by atoms with Crippen molar-refractivity contribution in [3.63, 3.8) is 0 Å². The summed E-state index contributed by atoms with van der Waals surface area (Å²) in [5.41, 5.74) is -1.05. The highest BCUT2D eigenvalue weighted by Crippen LogP contribution is 2.36. The molecule has 1 fully saturated rings. The van der Waals surface area contributed by atoms with Gasteiger partial charge in [0.05, 0.1) is 10.5 Å². The molecule has 0 atom stereocenters. The Labute approximate surface area is 132 Å². The Kier molecular flexibility index (Phi) is 4.57. The summed E-state index contributed by atoms with van der Waals surface area (Å²) in [6.45, 7) is -0.622. The number of nitrogens with zero attached hydrogens (tertiary/aromatic N) is 1. The lowest BCUT2D eigenvalue weighted by atomic mass is 10.1. The number of rotatable bonds is 3. The molecule has 0 spiro atoms. The van der Waals surface area contributed by atoms with E-state index in [2.05, 4.69) is 0 Å². The Balaban J connectivity index is 2.38. The van der Waals surface area contributed by atoms with Gasteiger partial charge < -0.3 is 5.11 Å². The Morgan fingerprint density at radius 1 is 1.36 bits per heavy atom. The number of carboxylic acids is 1. The summed E-state index contributed by atoms with van der Waals surface area (Å²) in [7, 11) is 0. The van der Waals surface area contributed by atoms with Gasteiger partial charge in [-0.15, -0.1) is 0 Å². The van der Waals surface area contributed by atoms with Gasteiger partial charge in [-0.2, -0.15) is 13.2 Å². The van der Waals surface area contributed by atoms with Crippen molar-refractivity contribution in [2.75, 3.05) is 6.54 Å². The zero-order valence-electron chi connectivity index (χ0n) is 10.8. The van der Waals surface area contributed by atoms with Crippen molar-refractivity contribution in [2.24, 2.45) is 0 Å². The lowest BCUT2D eigenvalue weighted by molar-refractivity contribution is -0.140. The number of alkyl halides is 3. The average molecular weight is 347 g/mol. The fourth-order valence-corrected chi connectivity index (χ4v) is 3.04. The van der Waals surface area contributed by atoms with Gasteiger partial charge in [0.1, 0.15) is 10.9 Å². The molecule has 4 nitrogen and oxygen atoms in total. The van der Waals surface area contributed by atoms with Crippen LogP contribution in [0.2, 0.25) is 0 Å². The molecule has 0 unspecified atom stereocenters. The Morgan fingerprint density at radius 2 is 2.00 bits per heavy atom. The fraction of sp³-hybridized carbons (Fsp3) is 0.154. The average Bonchev–Trinajstić information content (AvgIpc) is 2.65. The van der Waals surface area contributed by atoms with Crippen LogP contribution >= 0.6 is 24.0 Å². The monoisotopic (exact) mass is 347 g/mol. The van der Waals surface area contributed by atoms with Gasteiger partial charge in [-0.1, -0.05) is 42.2 Å². The van der Waals surface area contributed by atoms with E-state index in [0.717, 1.165) is 28.8 Å². The molecule has 0 bridgehead atoms. The van der Waals surface area contributed by atoms with Crippen LogP contribution in [0.15, 0.2) is 29.2 Å². The molecule has 1 aliphatic heterocycles. The molecule has 0 saturated carbocycles. The first kappa shape index (κ1) is 16.5. The third kappa shape index (κ3) is 3.47.